The summed E-state index contributed by atoms with van der Waals surface area (Å²) in [6, 6.07) is 4.89. The number of Topliss-reactive ketones (excluding diaryl/α,β-unsaturated/α-hetero) is 1. The molecule has 1 aromatic carbocycles. The van der Waals surface area contributed by atoms with E-state index in [-0.39, 0.29) is 5.56 Å². The van der Waals surface area contributed by atoms with Crippen LogP contribution < -0.4 is 0 Å². The predicted octanol–water partition coefficient (Wildman–Crippen LogP) is 2.19. The van der Waals surface area contributed by atoms with E-state index < -0.39 is 16.7 Å². The van der Waals surface area contributed by atoms with Gasteiger partial charge in [0.15, 0.2) is 0 Å². The van der Waals surface area contributed by atoms with E-state index in [4.69, 9.17) is 11.6 Å². The molecule has 0 spiro atoms. The number of hydrogen-bond acceptors (Lipinski definition) is 3. The van der Waals surface area contributed by atoms with Gasteiger partial charge in [-0.2, -0.15) is 0 Å². The fraction of sp³-hybridized carbons (Fsp3) is 0.222. The van der Waals surface area contributed by atoms with E-state index in [2.05, 4.69) is 0 Å². The van der Waals surface area contributed by atoms with Gasteiger partial charge in [-0.1, -0.05) is 23.7 Å². The van der Waals surface area contributed by atoms with Crippen LogP contribution >= 0.6 is 11.6 Å². The van der Waals surface area contributed by atoms with Crippen molar-refractivity contribution in [1.82, 2.24) is 0 Å². The van der Waals surface area contributed by atoms with Gasteiger partial charge in [-0.3, -0.25) is 14.9 Å². The third-order valence-corrected chi connectivity index (χ3v) is 2.04. The molecule has 0 bridgehead atoms. The van der Waals surface area contributed by atoms with Crippen LogP contribution in [0.5, 0.6) is 0 Å². The first-order valence-corrected chi connectivity index (χ1v) is 4.33. The minimum absolute atomic E-state index is 0.265. The van der Waals surface area contributed by atoms with Crippen molar-refractivity contribution in [2.24, 2.45) is 0 Å². The zero-order valence-electron chi connectivity index (χ0n) is 7.44. The molecule has 0 radical (unpaired) electrons. The van der Waals surface area contributed by atoms with Gasteiger partial charge in [0.1, 0.15) is 0 Å². The summed E-state index contributed by atoms with van der Waals surface area (Å²) in [5.41, 5.74) is 0.265. The molecule has 0 fully saturated rings. The molecule has 1 atom stereocenters. The smallest absolute Gasteiger partial charge is 0.272 e. The quantitative estimate of drug-likeness (QED) is 0.439. The molecular weight excluding hydrogens is 206 g/mol. The molecule has 5 heteroatoms. The van der Waals surface area contributed by atoms with E-state index in [0.29, 0.717) is 5.02 Å². The molecule has 1 rings (SSSR count). The van der Waals surface area contributed by atoms with Gasteiger partial charge in [-0.05, 0) is 12.1 Å². The lowest BCUT2D eigenvalue weighted by atomic mass is 10.1. The van der Waals surface area contributed by atoms with Crippen LogP contribution in [0.1, 0.15) is 17.3 Å². The van der Waals surface area contributed by atoms with E-state index in [1.807, 2.05) is 0 Å². The summed E-state index contributed by atoms with van der Waals surface area (Å²) >= 11 is 5.65. The highest BCUT2D eigenvalue weighted by molar-refractivity contribution is 6.31. The Balaban J connectivity index is 2.95. The molecule has 0 aliphatic rings. The van der Waals surface area contributed by atoms with Crippen molar-refractivity contribution < 1.29 is 9.72 Å². The summed E-state index contributed by atoms with van der Waals surface area (Å²) in [6.07, 6.45) is 0. The second-order valence-corrected chi connectivity index (χ2v) is 3.27. The molecule has 0 aromatic heterocycles. The van der Waals surface area contributed by atoms with E-state index in [1.54, 1.807) is 12.1 Å². The first-order valence-electron chi connectivity index (χ1n) is 3.95. The molecule has 0 N–H and O–H groups in total. The molecule has 1 unspecified atom stereocenters. The molecule has 0 aliphatic heterocycles. The molecule has 0 saturated heterocycles. The van der Waals surface area contributed by atoms with Crippen molar-refractivity contribution in [2.45, 2.75) is 13.0 Å². The van der Waals surface area contributed by atoms with Crippen LogP contribution in [0.2, 0.25) is 5.02 Å². The zero-order valence-corrected chi connectivity index (χ0v) is 8.19. The van der Waals surface area contributed by atoms with E-state index >= 15 is 0 Å². The highest BCUT2D eigenvalue weighted by Crippen LogP contribution is 2.13. The van der Waals surface area contributed by atoms with Crippen LogP contribution in [-0.4, -0.2) is 16.7 Å². The largest absolute Gasteiger partial charge is 0.286 e. The van der Waals surface area contributed by atoms with E-state index in [1.165, 1.54) is 19.1 Å². The van der Waals surface area contributed by atoms with Gasteiger partial charge in [0.2, 0.25) is 5.78 Å². The average molecular weight is 214 g/mol. The lowest BCUT2D eigenvalue weighted by Gasteiger charge is -2.02. The van der Waals surface area contributed by atoms with Gasteiger partial charge in [-0.15, -0.1) is 0 Å². The Morgan fingerprint density at radius 2 is 2.21 bits per heavy atom. The maximum Gasteiger partial charge on any atom is 0.272 e. The van der Waals surface area contributed by atoms with Crippen LogP contribution in [0.25, 0.3) is 0 Å². The van der Waals surface area contributed by atoms with Gasteiger partial charge in [-0.25, -0.2) is 0 Å². The lowest BCUT2D eigenvalue weighted by Crippen LogP contribution is -2.25. The third-order valence-electron chi connectivity index (χ3n) is 1.80. The summed E-state index contributed by atoms with van der Waals surface area (Å²) in [5.74, 6) is -0.530. The minimum Gasteiger partial charge on any atom is -0.286 e. The van der Waals surface area contributed by atoms with Crippen LogP contribution in [0, 0.1) is 10.1 Å². The Labute approximate surface area is 85.6 Å². The van der Waals surface area contributed by atoms with Gasteiger partial charge >= 0.3 is 0 Å². The number of halogens is 1. The lowest BCUT2D eigenvalue weighted by molar-refractivity contribution is -0.500. The fourth-order valence-electron chi connectivity index (χ4n) is 0.979. The standard InChI is InChI=1S/C9H8ClNO3/c1-6(11(13)14)9(12)7-3-2-4-8(10)5-7/h2-6H,1H3. The average Bonchev–Trinajstić information content (AvgIpc) is 2.15. The van der Waals surface area contributed by atoms with Crippen molar-refractivity contribution in [3.05, 3.63) is 45.0 Å². The molecule has 1 aromatic rings. The van der Waals surface area contributed by atoms with Crippen molar-refractivity contribution in [1.29, 1.82) is 0 Å². The Kier molecular flexibility index (Phi) is 3.19. The first kappa shape index (κ1) is 10.7. The predicted molar refractivity (Wildman–Crippen MR) is 52.2 cm³/mol. The molecule has 0 heterocycles. The Hall–Kier alpha value is -1.42. The number of benzene rings is 1. The van der Waals surface area contributed by atoms with Crippen LogP contribution in [0.15, 0.2) is 24.3 Å². The molecule has 14 heavy (non-hydrogen) atoms. The fourth-order valence-corrected chi connectivity index (χ4v) is 1.17. The number of carbonyl (C=O) groups excluding carboxylic acids is 1. The molecule has 74 valence electrons. The molecular formula is C9H8ClNO3. The number of nitrogens with zero attached hydrogens (tertiary/aromatic N) is 1. The van der Waals surface area contributed by atoms with Crippen LogP contribution in [0.3, 0.4) is 0 Å². The highest BCUT2D eigenvalue weighted by Gasteiger charge is 2.24. The zero-order chi connectivity index (χ0) is 10.7. The van der Waals surface area contributed by atoms with Crippen molar-refractivity contribution in [2.75, 3.05) is 0 Å². The monoisotopic (exact) mass is 213 g/mol. The van der Waals surface area contributed by atoms with Crippen molar-refractivity contribution in [3.8, 4) is 0 Å². The number of hydrogen-bond donors (Lipinski definition) is 0. The SMILES string of the molecule is CC(C(=O)c1cccc(Cl)c1)[N+](=O)[O-]. The minimum atomic E-state index is -1.23. The van der Waals surface area contributed by atoms with Crippen molar-refractivity contribution >= 4 is 17.4 Å². The number of ketones is 1. The highest BCUT2D eigenvalue weighted by atomic mass is 35.5. The second-order valence-electron chi connectivity index (χ2n) is 2.84. The molecule has 4 nitrogen and oxygen atoms in total. The van der Waals surface area contributed by atoms with Gasteiger partial charge in [0, 0.05) is 22.4 Å². The first-order chi connectivity index (χ1) is 6.52. The Bertz CT molecular complexity index is 378. The summed E-state index contributed by atoms with van der Waals surface area (Å²) in [4.78, 5) is 21.2. The third kappa shape index (κ3) is 2.29. The van der Waals surface area contributed by atoms with Gasteiger partial charge < -0.3 is 0 Å². The number of nitro groups is 1. The topological polar surface area (TPSA) is 60.2 Å². The molecule has 0 aliphatic carbocycles. The molecule has 0 saturated carbocycles. The molecule has 0 amide bonds. The normalized spacial score (nSPS) is 12.1. The second kappa shape index (κ2) is 4.19. The van der Waals surface area contributed by atoms with Gasteiger partial charge in [0.25, 0.3) is 6.04 Å². The summed E-state index contributed by atoms with van der Waals surface area (Å²) in [7, 11) is 0. The Morgan fingerprint density at radius 3 is 2.71 bits per heavy atom. The number of rotatable bonds is 3. The number of carbonyl (C=O) groups is 1. The van der Waals surface area contributed by atoms with Crippen LogP contribution in [0.4, 0.5) is 0 Å². The van der Waals surface area contributed by atoms with Crippen LogP contribution in [-0.2, 0) is 0 Å². The van der Waals surface area contributed by atoms with E-state index in [0.717, 1.165) is 0 Å². The summed E-state index contributed by atoms with van der Waals surface area (Å²) < 4.78 is 0. The summed E-state index contributed by atoms with van der Waals surface area (Å²) in [6.45, 7) is 1.25. The maximum atomic E-state index is 11.4. The van der Waals surface area contributed by atoms with Gasteiger partial charge in [0.05, 0.1) is 0 Å². The summed E-state index contributed by atoms with van der Waals surface area (Å²) in [5, 5.41) is 10.7. The van der Waals surface area contributed by atoms with E-state index in [9.17, 15) is 14.9 Å². The maximum absolute atomic E-state index is 11.4. The van der Waals surface area contributed by atoms with Crippen molar-refractivity contribution in [3.63, 3.8) is 0 Å². The Morgan fingerprint density at radius 1 is 1.57 bits per heavy atom.